The van der Waals surface area contributed by atoms with Crippen molar-refractivity contribution in [3.8, 4) is 0 Å². The Labute approximate surface area is 130 Å². The molecular formula is C17H22N4O. The lowest BCUT2D eigenvalue weighted by Gasteiger charge is -2.26. The maximum Gasteiger partial charge on any atom is 0.226 e. The van der Waals surface area contributed by atoms with Crippen LogP contribution in [0.15, 0.2) is 30.5 Å². The van der Waals surface area contributed by atoms with E-state index in [0.717, 1.165) is 43.9 Å². The zero-order chi connectivity index (χ0) is 15.4. The normalized spacial score (nSPS) is 15.3. The standard InChI is InChI=1S/C17H22N4O/c1-13-15(12-19-20-13)11-18-10-14-5-7-16(8-6-14)21-9-3-2-4-17(21)22/h5-8,12,18H,2-4,9-11H2,1H3,(H,19,20). The van der Waals surface area contributed by atoms with Crippen molar-refractivity contribution in [3.63, 3.8) is 0 Å². The van der Waals surface area contributed by atoms with Crippen molar-refractivity contribution in [3.05, 3.63) is 47.3 Å². The van der Waals surface area contributed by atoms with Gasteiger partial charge in [-0.25, -0.2) is 0 Å². The van der Waals surface area contributed by atoms with Gasteiger partial charge in [0, 0.05) is 43.0 Å². The van der Waals surface area contributed by atoms with E-state index in [1.165, 1.54) is 11.1 Å². The molecule has 1 aliphatic rings. The third-order valence-electron chi connectivity index (χ3n) is 4.15. The number of nitrogens with one attached hydrogen (secondary N) is 2. The molecule has 0 spiro atoms. The SMILES string of the molecule is Cc1[nH]ncc1CNCc1ccc(N2CCCCC2=O)cc1. The largest absolute Gasteiger partial charge is 0.312 e. The van der Waals surface area contributed by atoms with Crippen LogP contribution in [0.4, 0.5) is 5.69 Å². The number of aryl methyl sites for hydroxylation is 1. The number of hydrogen-bond donors (Lipinski definition) is 2. The molecule has 2 aromatic rings. The number of aromatic nitrogens is 2. The van der Waals surface area contributed by atoms with E-state index >= 15 is 0 Å². The number of nitrogens with zero attached hydrogens (tertiary/aromatic N) is 2. The number of amides is 1. The van der Waals surface area contributed by atoms with Crippen LogP contribution in [0.3, 0.4) is 0 Å². The highest BCUT2D eigenvalue weighted by molar-refractivity contribution is 5.93. The second-order valence-corrected chi connectivity index (χ2v) is 5.79. The highest BCUT2D eigenvalue weighted by Crippen LogP contribution is 2.21. The lowest BCUT2D eigenvalue weighted by molar-refractivity contribution is -0.119. The van der Waals surface area contributed by atoms with Gasteiger partial charge in [-0.1, -0.05) is 12.1 Å². The number of H-pyrrole nitrogens is 1. The summed E-state index contributed by atoms with van der Waals surface area (Å²) in [5, 5.41) is 10.4. The molecule has 5 nitrogen and oxygen atoms in total. The van der Waals surface area contributed by atoms with Crippen molar-refractivity contribution < 1.29 is 4.79 Å². The number of piperidine rings is 1. The topological polar surface area (TPSA) is 61.0 Å². The molecule has 22 heavy (non-hydrogen) atoms. The van der Waals surface area contributed by atoms with Gasteiger partial charge in [0.2, 0.25) is 5.91 Å². The van der Waals surface area contributed by atoms with Gasteiger partial charge in [0.15, 0.2) is 0 Å². The minimum absolute atomic E-state index is 0.243. The van der Waals surface area contributed by atoms with E-state index in [9.17, 15) is 4.79 Å². The molecule has 3 rings (SSSR count). The third kappa shape index (κ3) is 3.36. The fraction of sp³-hybridized carbons (Fsp3) is 0.412. The van der Waals surface area contributed by atoms with Gasteiger partial charge in [0.1, 0.15) is 0 Å². The number of benzene rings is 1. The minimum atomic E-state index is 0.243. The lowest BCUT2D eigenvalue weighted by atomic mass is 10.1. The van der Waals surface area contributed by atoms with Crippen LogP contribution in [0.1, 0.15) is 36.1 Å². The second kappa shape index (κ2) is 6.75. The number of carbonyl (C=O) groups excluding carboxylic acids is 1. The van der Waals surface area contributed by atoms with Crippen molar-refractivity contribution in [2.45, 2.75) is 39.3 Å². The summed E-state index contributed by atoms with van der Waals surface area (Å²) in [5.74, 6) is 0.243. The lowest BCUT2D eigenvalue weighted by Crippen LogP contribution is -2.35. The summed E-state index contributed by atoms with van der Waals surface area (Å²) in [6.45, 7) is 4.47. The Morgan fingerprint density at radius 2 is 2.05 bits per heavy atom. The molecule has 0 unspecified atom stereocenters. The summed E-state index contributed by atoms with van der Waals surface area (Å²) in [6.07, 6.45) is 4.64. The molecule has 0 radical (unpaired) electrons. The highest BCUT2D eigenvalue weighted by Gasteiger charge is 2.19. The highest BCUT2D eigenvalue weighted by atomic mass is 16.2. The Morgan fingerprint density at radius 3 is 2.73 bits per heavy atom. The molecule has 1 fully saturated rings. The Bertz CT molecular complexity index is 632. The van der Waals surface area contributed by atoms with Crippen LogP contribution in [-0.4, -0.2) is 22.6 Å². The van der Waals surface area contributed by atoms with E-state index in [-0.39, 0.29) is 5.91 Å². The molecule has 2 heterocycles. The molecule has 1 aliphatic heterocycles. The number of anilines is 1. The van der Waals surface area contributed by atoms with Crippen molar-refractivity contribution in [1.29, 1.82) is 0 Å². The van der Waals surface area contributed by atoms with Crippen molar-refractivity contribution in [1.82, 2.24) is 15.5 Å². The Hall–Kier alpha value is -2.14. The second-order valence-electron chi connectivity index (χ2n) is 5.79. The molecule has 116 valence electrons. The van der Waals surface area contributed by atoms with Crippen molar-refractivity contribution in [2.24, 2.45) is 0 Å². The van der Waals surface area contributed by atoms with Gasteiger partial charge in [-0.05, 0) is 37.5 Å². The van der Waals surface area contributed by atoms with Gasteiger partial charge in [-0.15, -0.1) is 0 Å². The predicted octanol–water partition coefficient (Wildman–Crippen LogP) is 2.52. The molecule has 0 bridgehead atoms. The fourth-order valence-electron chi connectivity index (χ4n) is 2.77. The van der Waals surface area contributed by atoms with Gasteiger partial charge in [0.25, 0.3) is 0 Å². The van der Waals surface area contributed by atoms with E-state index in [1.807, 2.05) is 30.2 Å². The number of carbonyl (C=O) groups is 1. The maximum atomic E-state index is 11.9. The van der Waals surface area contributed by atoms with Crippen LogP contribution < -0.4 is 10.2 Å². The molecular weight excluding hydrogens is 276 g/mol. The Kier molecular flexibility index (Phi) is 4.53. The fourth-order valence-corrected chi connectivity index (χ4v) is 2.77. The molecule has 2 N–H and O–H groups in total. The third-order valence-corrected chi connectivity index (χ3v) is 4.15. The number of aromatic amines is 1. The molecule has 0 aliphatic carbocycles. The van der Waals surface area contributed by atoms with Gasteiger partial charge in [0.05, 0.1) is 6.20 Å². The van der Waals surface area contributed by atoms with Gasteiger partial charge in [-0.3, -0.25) is 9.89 Å². The van der Waals surface area contributed by atoms with E-state index in [2.05, 4.69) is 27.6 Å². The summed E-state index contributed by atoms with van der Waals surface area (Å²) in [6, 6.07) is 8.27. The van der Waals surface area contributed by atoms with E-state index < -0.39 is 0 Å². The van der Waals surface area contributed by atoms with Crippen LogP contribution >= 0.6 is 0 Å². The summed E-state index contributed by atoms with van der Waals surface area (Å²) in [5.41, 5.74) is 4.52. The molecule has 5 heteroatoms. The average molecular weight is 298 g/mol. The molecule has 1 amide bonds. The zero-order valence-corrected chi connectivity index (χ0v) is 12.9. The van der Waals surface area contributed by atoms with E-state index in [4.69, 9.17) is 0 Å². The first-order valence-electron chi connectivity index (χ1n) is 7.83. The Morgan fingerprint density at radius 1 is 1.23 bits per heavy atom. The molecule has 0 saturated carbocycles. The first-order valence-corrected chi connectivity index (χ1v) is 7.83. The van der Waals surface area contributed by atoms with Gasteiger partial charge >= 0.3 is 0 Å². The summed E-state index contributed by atoms with van der Waals surface area (Å²) in [7, 11) is 0. The number of hydrogen-bond acceptors (Lipinski definition) is 3. The van der Waals surface area contributed by atoms with Crippen LogP contribution in [0, 0.1) is 6.92 Å². The first kappa shape index (κ1) is 14.8. The minimum Gasteiger partial charge on any atom is -0.312 e. The number of rotatable bonds is 5. The van der Waals surface area contributed by atoms with E-state index in [1.54, 1.807) is 0 Å². The smallest absolute Gasteiger partial charge is 0.226 e. The van der Waals surface area contributed by atoms with Crippen LogP contribution in [-0.2, 0) is 17.9 Å². The van der Waals surface area contributed by atoms with Gasteiger partial charge < -0.3 is 10.2 Å². The van der Waals surface area contributed by atoms with Crippen LogP contribution in [0.2, 0.25) is 0 Å². The van der Waals surface area contributed by atoms with Gasteiger partial charge in [-0.2, -0.15) is 5.10 Å². The average Bonchev–Trinajstić information content (AvgIpc) is 2.94. The molecule has 1 aromatic carbocycles. The summed E-state index contributed by atoms with van der Waals surface area (Å²) in [4.78, 5) is 13.8. The first-order chi connectivity index (χ1) is 10.7. The molecule has 1 aromatic heterocycles. The molecule has 0 atom stereocenters. The van der Waals surface area contributed by atoms with E-state index in [0.29, 0.717) is 6.42 Å². The molecule has 1 saturated heterocycles. The zero-order valence-electron chi connectivity index (χ0n) is 12.9. The van der Waals surface area contributed by atoms with Crippen LogP contribution in [0.25, 0.3) is 0 Å². The Balaban J connectivity index is 1.55. The monoisotopic (exact) mass is 298 g/mol. The summed E-state index contributed by atoms with van der Waals surface area (Å²) >= 11 is 0. The quantitative estimate of drug-likeness (QED) is 0.891. The van der Waals surface area contributed by atoms with Crippen molar-refractivity contribution in [2.75, 3.05) is 11.4 Å². The van der Waals surface area contributed by atoms with Crippen molar-refractivity contribution >= 4 is 11.6 Å². The maximum absolute atomic E-state index is 11.9. The van der Waals surface area contributed by atoms with Crippen LogP contribution in [0.5, 0.6) is 0 Å². The predicted molar refractivity (Wildman–Crippen MR) is 86.5 cm³/mol. The summed E-state index contributed by atoms with van der Waals surface area (Å²) < 4.78 is 0.